The molecule has 0 aromatic carbocycles. The summed E-state index contributed by atoms with van der Waals surface area (Å²) in [6.45, 7) is 4.47. The van der Waals surface area contributed by atoms with E-state index in [0.29, 0.717) is 18.9 Å². The van der Waals surface area contributed by atoms with Gasteiger partial charge >= 0.3 is 5.97 Å². The van der Waals surface area contributed by atoms with Crippen LogP contribution in [0.4, 0.5) is 0 Å². The molecule has 0 aromatic heterocycles. The van der Waals surface area contributed by atoms with Crippen LogP contribution >= 0.6 is 0 Å². The number of nitrogens with zero attached hydrogens (tertiary/aromatic N) is 1. The third-order valence-corrected chi connectivity index (χ3v) is 2.62. The van der Waals surface area contributed by atoms with Crippen molar-refractivity contribution in [2.24, 2.45) is 16.6 Å². The molecule has 2 atom stereocenters. The number of allylic oxidation sites excluding steroid dienone is 2. The summed E-state index contributed by atoms with van der Waals surface area (Å²) in [5, 5.41) is 12.0. The second-order valence-electron chi connectivity index (χ2n) is 4.28. The van der Waals surface area contributed by atoms with Crippen molar-refractivity contribution < 1.29 is 9.90 Å². The van der Waals surface area contributed by atoms with Gasteiger partial charge in [-0.2, -0.15) is 0 Å². The topological polar surface area (TPSA) is 87.7 Å². The molecule has 0 saturated carbocycles. The van der Waals surface area contributed by atoms with Gasteiger partial charge in [-0.05, 0) is 26.7 Å². The highest BCUT2D eigenvalue weighted by atomic mass is 16.4. The summed E-state index contributed by atoms with van der Waals surface area (Å²) in [5.74, 6) is -0.872. The Morgan fingerprint density at radius 2 is 2.44 bits per heavy atom. The molecule has 1 rings (SSSR count). The second kappa shape index (κ2) is 5.53. The predicted octanol–water partition coefficient (Wildman–Crippen LogP) is 0.720. The van der Waals surface area contributed by atoms with Crippen LogP contribution in [0.1, 0.15) is 26.7 Å². The van der Waals surface area contributed by atoms with E-state index in [-0.39, 0.29) is 6.04 Å². The number of carbonyl (C=O) groups is 1. The zero-order valence-electron chi connectivity index (χ0n) is 9.73. The van der Waals surface area contributed by atoms with Crippen LogP contribution in [-0.4, -0.2) is 29.6 Å². The summed E-state index contributed by atoms with van der Waals surface area (Å²) < 4.78 is 0. The van der Waals surface area contributed by atoms with Gasteiger partial charge in [-0.25, -0.2) is 0 Å². The van der Waals surface area contributed by atoms with Gasteiger partial charge in [0.05, 0.1) is 18.5 Å². The summed E-state index contributed by atoms with van der Waals surface area (Å²) in [7, 11) is 0. The Morgan fingerprint density at radius 1 is 1.75 bits per heavy atom. The smallest absolute Gasteiger partial charge is 0.308 e. The van der Waals surface area contributed by atoms with Gasteiger partial charge in [0.1, 0.15) is 0 Å². The molecule has 0 radical (unpaired) electrons. The lowest BCUT2D eigenvalue weighted by molar-refractivity contribution is -0.142. The molecule has 0 fully saturated rings. The number of carboxylic acid groups (broad SMARTS) is 1. The number of rotatable bonds is 5. The summed E-state index contributed by atoms with van der Waals surface area (Å²) in [6, 6.07) is -0.164. The van der Waals surface area contributed by atoms with Crippen molar-refractivity contribution in [1.29, 1.82) is 0 Å². The standard InChI is InChI=1S/C11H19N3O2/c1-7(2)4-3-5-8(10(15)16)9-6-13-11(12)14-9/h4,8-9H,3,5-6H2,1-2H3,(H,15,16)(H3,12,13,14)/t8-,9-/m1/s1. The summed E-state index contributed by atoms with van der Waals surface area (Å²) in [4.78, 5) is 15.1. The van der Waals surface area contributed by atoms with Crippen LogP contribution in [0.2, 0.25) is 0 Å². The van der Waals surface area contributed by atoms with E-state index in [1.54, 1.807) is 0 Å². The average molecular weight is 225 g/mol. The lowest BCUT2D eigenvalue weighted by Crippen LogP contribution is -2.42. The Kier molecular flexibility index (Phi) is 4.34. The largest absolute Gasteiger partial charge is 0.481 e. The van der Waals surface area contributed by atoms with Gasteiger partial charge in [-0.3, -0.25) is 9.79 Å². The number of nitrogens with two attached hydrogens (primary N) is 1. The maximum atomic E-state index is 11.1. The van der Waals surface area contributed by atoms with Gasteiger partial charge in [0.2, 0.25) is 0 Å². The number of guanidine groups is 1. The summed E-state index contributed by atoms with van der Waals surface area (Å²) in [5.41, 5.74) is 6.68. The first-order chi connectivity index (χ1) is 7.50. The molecular weight excluding hydrogens is 206 g/mol. The van der Waals surface area contributed by atoms with E-state index in [9.17, 15) is 4.79 Å². The SMILES string of the molecule is CC(C)=CCC[C@@H](C(=O)O)[C@H]1CN=C(N)N1. The van der Waals surface area contributed by atoms with E-state index in [1.165, 1.54) is 5.57 Å². The van der Waals surface area contributed by atoms with Crippen molar-refractivity contribution in [3.63, 3.8) is 0 Å². The molecular formula is C11H19N3O2. The molecule has 0 bridgehead atoms. The quantitative estimate of drug-likeness (QED) is 0.602. The van der Waals surface area contributed by atoms with Crippen molar-refractivity contribution in [2.45, 2.75) is 32.7 Å². The first kappa shape index (κ1) is 12.5. The van der Waals surface area contributed by atoms with Crippen molar-refractivity contribution in [3.05, 3.63) is 11.6 Å². The normalized spacial score (nSPS) is 20.9. The summed E-state index contributed by atoms with van der Waals surface area (Å²) in [6.07, 6.45) is 3.44. The maximum absolute atomic E-state index is 11.1. The molecule has 0 aliphatic carbocycles. The maximum Gasteiger partial charge on any atom is 0.308 e. The highest BCUT2D eigenvalue weighted by molar-refractivity contribution is 5.81. The van der Waals surface area contributed by atoms with Crippen molar-refractivity contribution in [1.82, 2.24) is 5.32 Å². The fourth-order valence-electron chi connectivity index (χ4n) is 1.75. The van der Waals surface area contributed by atoms with Gasteiger partial charge < -0.3 is 16.2 Å². The molecule has 0 unspecified atom stereocenters. The lowest BCUT2D eigenvalue weighted by Gasteiger charge is -2.18. The van der Waals surface area contributed by atoms with E-state index in [2.05, 4.69) is 16.4 Å². The number of aliphatic carboxylic acids is 1. The van der Waals surface area contributed by atoms with Crippen LogP contribution in [0.15, 0.2) is 16.6 Å². The number of nitrogens with one attached hydrogen (secondary N) is 1. The minimum Gasteiger partial charge on any atom is -0.481 e. The highest BCUT2D eigenvalue weighted by Crippen LogP contribution is 2.16. The molecule has 16 heavy (non-hydrogen) atoms. The van der Waals surface area contributed by atoms with Crippen LogP contribution in [0.5, 0.6) is 0 Å². The lowest BCUT2D eigenvalue weighted by atomic mass is 9.94. The molecule has 1 heterocycles. The Balaban J connectivity index is 2.49. The van der Waals surface area contributed by atoms with Crippen LogP contribution in [0.3, 0.4) is 0 Å². The van der Waals surface area contributed by atoms with Crippen molar-refractivity contribution in [3.8, 4) is 0 Å². The molecule has 0 amide bonds. The Labute approximate surface area is 95.4 Å². The molecule has 1 aliphatic heterocycles. The molecule has 4 N–H and O–H groups in total. The van der Waals surface area contributed by atoms with E-state index in [4.69, 9.17) is 10.8 Å². The Morgan fingerprint density at radius 3 is 2.88 bits per heavy atom. The van der Waals surface area contributed by atoms with E-state index in [1.807, 2.05) is 13.8 Å². The average Bonchev–Trinajstić information content (AvgIpc) is 2.58. The summed E-state index contributed by atoms with van der Waals surface area (Å²) >= 11 is 0. The highest BCUT2D eigenvalue weighted by Gasteiger charge is 2.30. The number of hydrogen-bond acceptors (Lipinski definition) is 4. The zero-order valence-corrected chi connectivity index (χ0v) is 9.73. The van der Waals surface area contributed by atoms with Gasteiger partial charge in [-0.1, -0.05) is 11.6 Å². The minimum absolute atomic E-state index is 0.164. The second-order valence-corrected chi connectivity index (χ2v) is 4.28. The number of hydrogen-bond donors (Lipinski definition) is 3. The van der Waals surface area contributed by atoms with Gasteiger partial charge in [-0.15, -0.1) is 0 Å². The minimum atomic E-state index is -0.787. The molecule has 0 saturated heterocycles. The van der Waals surface area contributed by atoms with E-state index >= 15 is 0 Å². The molecule has 90 valence electrons. The van der Waals surface area contributed by atoms with Gasteiger partial charge in [0, 0.05) is 0 Å². The Hall–Kier alpha value is -1.52. The van der Waals surface area contributed by atoms with Gasteiger partial charge in [0.25, 0.3) is 0 Å². The molecule has 0 spiro atoms. The van der Waals surface area contributed by atoms with Crippen LogP contribution in [-0.2, 0) is 4.79 Å². The monoisotopic (exact) mass is 225 g/mol. The van der Waals surface area contributed by atoms with E-state index in [0.717, 1.165) is 6.42 Å². The number of carboxylic acids is 1. The van der Waals surface area contributed by atoms with Crippen molar-refractivity contribution in [2.75, 3.05) is 6.54 Å². The van der Waals surface area contributed by atoms with Crippen molar-refractivity contribution >= 4 is 11.9 Å². The zero-order chi connectivity index (χ0) is 12.1. The van der Waals surface area contributed by atoms with Gasteiger partial charge in [0.15, 0.2) is 5.96 Å². The fraction of sp³-hybridized carbons (Fsp3) is 0.636. The fourth-order valence-corrected chi connectivity index (χ4v) is 1.75. The molecule has 1 aliphatic rings. The van der Waals surface area contributed by atoms with E-state index < -0.39 is 11.9 Å². The first-order valence-corrected chi connectivity index (χ1v) is 5.43. The third-order valence-electron chi connectivity index (χ3n) is 2.62. The van der Waals surface area contributed by atoms with Crippen LogP contribution < -0.4 is 11.1 Å². The molecule has 5 nitrogen and oxygen atoms in total. The Bertz CT molecular complexity index is 319. The number of aliphatic imine (C=N–C) groups is 1. The molecule has 5 heteroatoms. The first-order valence-electron chi connectivity index (χ1n) is 5.43. The van der Waals surface area contributed by atoms with Crippen LogP contribution in [0.25, 0.3) is 0 Å². The van der Waals surface area contributed by atoms with Crippen LogP contribution in [0, 0.1) is 5.92 Å². The predicted molar refractivity (Wildman–Crippen MR) is 63.2 cm³/mol. The molecule has 0 aromatic rings. The third kappa shape index (κ3) is 3.56.